The normalized spacial score (nSPS) is 10.7. The highest BCUT2D eigenvalue weighted by atomic mass is 16.6. The van der Waals surface area contributed by atoms with Gasteiger partial charge in [0.2, 0.25) is 0 Å². The number of ether oxygens (including phenoxy) is 1. The van der Waals surface area contributed by atoms with Crippen molar-refractivity contribution in [3.8, 4) is 11.3 Å². The number of rotatable bonds is 3. The van der Waals surface area contributed by atoms with Crippen LogP contribution in [0.3, 0.4) is 0 Å². The van der Waals surface area contributed by atoms with Crippen molar-refractivity contribution in [3.63, 3.8) is 0 Å². The van der Waals surface area contributed by atoms with E-state index in [1.807, 2.05) is 0 Å². The fraction of sp³-hybridized carbons (Fsp3) is 0.125. The molecule has 1 heterocycles. The smallest absolute Gasteiger partial charge is 0.337 e. The van der Waals surface area contributed by atoms with Crippen molar-refractivity contribution >= 4 is 22.6 Å². The van der Waals surface area contributed by atoms with Gasteiger partial charge < -0.3 is 4.74 Å². The number of fused-ring (bicyclic) bond motifs is 1. The topological polar surface area (TPSA) is 87.3 Å². The summed E-state index contributed by atoms with van der Waals surface area (Å²) in [6.45, 7) is 0. The van der Waals surface area contributed by atoms with Crippen molar-refractivity contribution in [2.75, 3.05) is 7.11 Å². The first-order chi connectivity index (χ1) is 11.0. The Hall–Kier alpha value is -3.22. The molecule has 0 bridgehead atoms. The highest BCUT2D eigenvalue weighted by molar-refractivity contribution is 6.00. The molecule has 0 amide bonds. The second-order valence-corrected chi connectivity index (χ2v) is 4.97. The van der Waals surface area contributed by atoms with Crippen molar-refractivity contribution in [1.29, 1.82) is 0 Å². The molecule has 0 saturated carbocycles. The van der Waals surface area contributed by atoms with E-state index in [-0.39, 0.29) is 5.69 Å². The largest absolute Gasteiger partial charge is 0.465 e. The van der Waals surface area contributed by atoms with Crippen LogP contribution in [0.25, 0.3) is 22.2 Å². The third-order valence-electron chi connectivity index (χ3n) is 3.63. The van der Waals surface area contributed by atoms with Crippen molar-refractivity contribution in [1.82, 2.24) is 9.78 Å². The van der Waals surface area contributed by atoms with Gasteiger partial charge in [0, 0.05) is 18.7 Å². The molecule has 0 N–H and O–H groups in total. The average Bonchev–Trinajstić information content (AvgIpc) is 2.91. The van der Waals surface area contributed by atoms with Gasteiger partial charge in [-0.25, -0.2) is 4.79 Å². The summed E-state index contributed by atoms with van der Waals surface area (Å²) in [5, 5.41) is 16.2. The highest BCUT2D eigenvalue weighted by Gasteiger charge is 2.21. The second-order valence-electron chi connectivity index (χ2n) is 4.97. The minimum Gasteiger partial charge on any atom is -0.465 e. The molecule has 0 radical (unpaired) electrons. The molecule has 0 spiro atoms. The van der Waals surface area contributed by atoms with Gasteiger partial charge in [0.15, 0.2) is 0 Å². The molecule has 1 aromatic heterocycles. The van der Waals surface area contributed by atoms with Gasteiger partial charge in [0.05, 0.1) is 23.1 Å². The maximum Gasteiger partial charge on any atom is 0.337 e. The van der Waals surface area contributed by atoms with E-state index in [9.17, 15) is 14.9 Å². The van der Waals surface area contributed by atoms with Crippen LogP contribution in [-0.4, -0.2) is 27.8 Å². The number of aromatic nitrogens is 2. The summed E-state index contributed by atoms with van der Waals surface area (Å²) in [4.78, 5) is 22.4. The molecule has 2 aromatic carbocycles. The number of nitro groups is 1. The summed E-state index contributed by atoms with van der Waals surface area (Å²) >= 11 is 0. The van der Waals surface area contributed by atoms with Crippen LogP contribution < -0.4 is 0 Å². The molecular formula is C16H13N3O4. The molecule has 7 nitrogen and oxygen atoms in total. The maximum absolute atomic E-state index is 11.5. The Balaban J connectivity index is 2.20. The van der Waals surface area contributed by atoms with Gasteiger partial charge >= 0.3 is 5.97 Å². The summed E-state index contributed by atoms with van der Waals surface area (Å²) in [7, 11) is 3.05. The second kappa shape index (κ2) is 5.53. The van der Waals surface area contributed by atoms with Gasteiger partial charge in [0.25, 0.3) is 5.69 Å². The van der Waals surface area contributed by atoms with Gasteiger partial charge in [0.1, 0.15) is 11.1 Å². The van der Waals surface area contributed by atoms with Gasteiger partial charge in [-0.15, -0.1) is 0 Å². The fourth-order valence-corrected chi connectivity index (χ4v) is 2.53. The fourth-order valence-electron chi connectivity index (χ4n) is 2.53. The molecule has 0 aliphatic heterocycles. The van der Waals surface area contributed by atoms with Crippen molar-refractivity contribution in [2.24, 2.45) is 7.05 Å². The number of non-ortho nitro benzene ring substituents is 1. The molecule has 0 aliphatic rings. The summed E-state index contributed by atoms with van der Waals surface area (Å²) < 4.78 is 6.26. The van der Waals surface area contributed by atoms with Crippen LogP contribution in [0.5, 0.6) is 0 Å². The quantitative estimate of drug-likeness (QED) is 0.421. The number of methoxy groups -OCH3 is 1. The molecule has 0 fully saturated rings. The Morgan fingerprint density at radius 2 is 1.91 bits per heavy atom. The minimum absolute atomic E-state index is 0.00245. The van der Waals surface area contributed by atoms with Crippen molar-refractivity contribution in [2.45, 2.75) is 0 Å². The predicted octanol–water partition coefficient (Wildman–Crippen LogP) is 2.94. The third kappa shape index (κ3) is 2.42. The van der Waals surface area contributed by atoms with Crippen molar-refractivity contribution in [3.05, 3.63) is 58.1 Å². The number of carbonyl (C=O) groups excluding carboxylic acids is 1. The zero-order valence-electron chi connectivity index (χ0n) is 12.5. The predicted molar refractivity (Wildman–Crippen MR) is 84.1 cm³/mol. The molecule has 0 atom stereocenters. The molecule has 0 unspecified atom stereocenters. The van der Waals surface area contributed by atoms with Crippen LogP contribution in [0.4, 0.5) is 5.69 Å². The molecule has 3 aromatic rings. The summed E-state index contributed by atoms with van der Waals surface area (Å²) in [6.07, 6.45) is 0. The molecule has 116 valence electrons. The van der Waals surface area contributed by atoms with E-state index in [1.54, 1.807) is 48.1 Å². The van der Waals surface area contributed by atoms with Gasteiger partial charge in [-0.2, -0.15) is 5.10 Å². The molecule has 23 heavy (non-hydrogen) atoms. The van der Waals surface area contributed by atoms with E-state index in [0.29, 0.717) is 27.7 Å². The lowest BCUT2D eigenvalue weighted by Gasteiger charge is -2.02. The Morgan fingerprint density at radius 3 is 2.52 bits per heavy atom. The lowest BCUT2D eigenvalue weighted by molar-refractivity contribution is -0.383. The van der Waals surface area contributed by atoms with Crippen LogP contribution >= 0.6 is 0 Å². The van der Waals surface area contributed by atoms with Crippen LogP contribution in [-0.2, 0) is 11.8 Å². The van der Waals surface area contributed by atoms with Gasteiger partial charge in [-0.3, -0.25) is 14.8 Å². The zero-order chi connectivity index (χ0) is 16.6. The highest BCUT2D eigenvalue weighted by Crippen LogP contribution is 2.34. The number of hydrogen-bond donors (Lipinski definition) is 0. The molecule has 0 aliphatic carbocycles. The zero-order valence-corrected chi connectivity index (χ0v) is 12.5. The molecule has 7 heteroatoms. The SMILES string of the molecule is COC(=O)c1ccc(-c2nn(C)c3cccc([N+](=O)[O-])c23)cc1. The van der Waals surface area contributed by atoms with E-state index in [1.165, 1.54) is 13.2 Å². The number of carbonyl (C=O) groups is 1. The summed E-state index contributed by atoms with van der Waals surface area (Å²) in [6, 6.07) is 11.5. The Labute approximate surface area is 131 Å². The minimum atomic E-state index is -0.437. The van der Waals surface area contributed by atoms with Gasteiger partial charge in [-0.05, 0) is 18.2 Å². The molecule has 0 saturated heterocycles. The van der Waals surface area contributed by atoms with Crippen LogP contribution in [0.15, 0.2) is 42.5 Å². The van der Waals surface area contributed by atoms with Gasteiger partial charge in [-0.1, -0.05) is 18.2 Å². The molecule has 3 rings (SSSR count). The van der Waals surface area contributed by atoms with E-state index in [0.717, 1.165) is 0 Å². The number of hydrogen-bond acceptors (Lipinski definition) is 5. The molecular weight excluding hydrogens is 298 g/mol. The Kier molecular flexibility index (Phi) is 3.53. The average molecular weight is 311 g/mol. The maximum atomic E-state index is 11.5. The Bertz CT molecular complexity index is 913. The first kappa shape index (κ1) is 14.7. The van der Waals surface area contributed by atoms with E-state index >= 15 is 0 Å². The van der Waals surface area contributed by atoms with Crippen LogP contribution in [0.1, 0.15) is 10.4 Å². The van der Waals surface area contributed by atoms with Crippen LogP contribution in [0.2, 0.25) is 0 Å². The van der Waals surface area contributed by atoms with E-state index in [2.05, 4.69) is 9.84 Å². The van der Waals surface area contributed by atoms with Crippen LogP contribution in [0, 0.1) is 10.1 Å². The number of nitrogens with zero attached hydrogens (tertiary/aromatic N) is 3. The summed E-state index contributed by atoms with van der Waals surface area (Å²) in [5.74, 6) is -0.437. The first-order valence-corrected chi connectivity index (χ1v) is 6.82. The number of aryl methyl sites for hydroxylation is 1. The number of esters is 1. The standard InChI is InChI=1S/C16H13N3O4/c1-18-12-4-3-5-13(19(21)22)14(12)15(17-18)10-6-8-11(9-7-10)16(20)23-2/h3-9H,1-2H3. The Morgan fingerprint density at radius 1 is 1.22 bits per heavy atom. The van der Waals surface area contributed by atoms with E-state index in [4.69, 9.17) is 0 Å². The first-order valence-electron chi connectivity index (χ1n) is 6.82. The lowest BCUT2D eigenvalue weighted by Crippen LogP contribution is -2.00. The number of benzene rings is 2. The van der Waals surface area contributed by atoms with E-state index < -0.39 is 10.9 Å². The summed E-state index contributed by atoms with van der Waals surface area (Å²) in [5.41, 5.74) is 2.28. The lowest BCUT2D eigenvalue weighted by atomic mass is 10.0. The number of nitro benzene ring substituents is 1. The third-order valence-corrected chi connectivity index (χ3v) is 3.63. The van der Waals surface area contributed by atoms with Crippen molar-refractivity contribution < 1.29 is 14.5 Å². The monoisotopic (exact) mass is 311 g/mol.